The standard InChI is InChI=1S/C10H11NO4/c12-6-8(11-10(14)15)9(13)7-4-2-1-3-5-7/h1-5,8,11-12H,6H2,(H,14,15)/t8-/m0/s1. The first-order chi connectivity index (χ1) is 7.15. The summed E-state index contributed by atoms with van der Waals surface area (Å²) in [6, 6.07) is 7.11. The molecule has 1 aromatic rings. The zero-order valence-corrected chi connectivity index (χ0v) is 7.88. The second kappa shape index (κ2) is 5.11. The quantitative estimate of drug-likeness (QED) is 0.630. The molecule has 0 unspecified atom stereocenters. The number of hydrogen-bond donors (Lipinski definition) is 3. The summed E-state index contributed by atoms with van der Waals surface area (Å²) in [6.07, 6.45) is -1.33. The van der Waals surface area contributed by atoms with E-state index in [0.717, 1.165) is 0 Å². The second-order valence-corrected chi connectivity index (χ2v) is 2.91. The number of benzene rings is 1. The molecule has 0 saturated carbocycles. The SMILES string of the molecule is O=C(O)N[C@@H](CO)C(=O)c1ccccc1. The lowest BCUT2D eigenvalue weighted by Crippen LogP contribution is -2.42. The Morgan fingerprint density at radius 3 is 2.33 bits per heavy atom. The van der Waals surface area contributed by atoms with Crippen LogP contribution in [0.2, 0.25) is 0 Å². The van der Waals surface area contributed by atoms with Gasteiger partial charge >= 0.3 is 6.09 Å². The minimum Gasteiger partial charge on any atom is -0.465 e. The lowest BCUT2D eigenvalue weighted by molar-refractivity contribution is 0.0890. The summed E-state index contributed by atoms with van der Waals surface area (Å²) in [4.78, 5) is 22.0. The summed E-state index contributed by atoms with van der Waals surface area (Å²) in [5.41, 5.74) is 0.366. The van der Waals surface area contributed by atoms with Crippen LogP contribution >= 0.6 is 0 Å². The lowest BCUT2D eigenvalue weighted by Gasteiger charge is -2.12. The van der Waals surface area contributed by atoms with Crippen LogP contribution < -0.4 is 5.32 Å². The molecule has 0 saturated heterocycles. The average molecular weight is 209 g/mol. The Kier molecular flexibility index (Phi) is 3.82. The summed E-state index contributed by atoms with van der Waals surface area (Å²) in [5.74, 6) is -0.444. The molecule has 0 aromatic heterocycles. The molecule has 0 radical (unpaired) electrons. The maximum atomic E-state index is 11.6. The van der Waals surface area contributed by atoms with Crippen molar-refractivity contribution in [1.82, 2.24) is 5.32 Å². The van der Waals surface area contributed by atoms with Gasteiger partial charge < -0.3 is 15.5 Å². The summed E-state index contributed by atoms with van der Waals surface area (Å²) in [7, 11) is 0. The summed E-state index contributed by atoms with van der Waals surface area (Å²) in [6.45, 7) is -0.556. The third-order valence-corrected chi connectivity index (χ3v) is 1.86. The van der Waals surface area contributed by atoms with Gasteiger partial charge in [0.15, 0.2) is 5.78 Å². The highest BCUT2D eigenvalue weighted by atomic mass is 16.4. The van der Waals surface area contributed by atoms with Gasteiger partial charge in [-0.3, -0.25) is 4.79 Å². The van der Waals surface area contributed by atoms with Gasteiger partial charge in [0.2, 0.25) is 0 Å². The molecule has 1 aromatic carbocycles. The highest BCUT2D eigenvalue weighted by molar-refractivity contribution is 6.01. The molecule has 80 valence electrons. The molecule has 3 N–H and O–H groups in total. The molecular formula is C10H11NO4. The minimum atomic E-state index is -1.33. The van der Waals surface area contributed by atoms with E-state index in [9.17, 15) is 9.59 Å². The highest BCUT2D eigenvalue weighted by Crippen LogP contribution is 2.03. The fourth-order valence-corrected chi connectivity index (χ4v) is 1.15. The van der Waals surface area contributed by atoms with E-state index in [1.54, 1.807) is 30.3 Å². The van der Waals surface area contributed by atoms with E-state index in [0.29, 0.717) is 5.56 Å². The van der Waals surface area contributed by atoms with Crippen LogP contribution in [0.5, 0.6) is 0 Å². The van der Waals surface area contributed by atoms with E-state index in [1.165, 1.54) is 0 Å². The Morgan fingerprint density at radius 1 is 1.27 bits per heavy atom. The molecule has 15 heavy (non-hydrogen) atoms. The average Bonchev–Trinajstić information content (AvgIpc) is 2.26. The number of aliphatic hydroxyl groups is 1. The first-order valence-corrected chi connectivity index (χ1v) is 4.34. The normalized spacial score (nSPS) is 11.8. The molecule has 1 amide bonds. The Morgan fingerprint density at radius 2 is 1.87 bits per heavy atom. The third kappa shape index (κ3) is 3.07. The number of nitrogens with one attached hydrogen (secondary N) is 1. The van der Waals surface area contributed by atoms with E-state index in [-0.39, 0.29) is 0 Å². The monoisotopic (exact) mass is 209 g/mol. The van der Waals surface area contributed by atoms with Crippen molar-refractivity contribution in [3.8, 4) is 0 Å². The van der Waals surface area contributed by atoms with Crippen molar-refractivity contribution in [3.63, 3.8) is 0 Å². The van der Waals surface area contributed by atoms with E-state index >= 15 is 0 Å². The van der Waals surface area contributed by atoms with Crippen molar-refractivity contribution in [2.75, 3.05) is 6.61 Å². The topological polar surface area (TPSA) is 86.6 Å². The van der Waals surface area contributed by atoms with E-state index in [2.05, 4.69) is 0 Å². The predicted octanol–water partition coefficient (Wildman–Crippen LogP) is 0.498. The third-order valence-electron chi connectivity index (χ3n) is 1.86. The van der Waals surface area contributed by atoms with Crippen LogP contribution in [0.15, 0.2) is 30.3 Å². The lowest BCUT2D eigenvalue weighted by atomic mass is 10.1. The number of carbonyl (C=O) groups excluding carboxylic acids is 1. The number of hydrogen-bond acceptors (Lipinski definition) is 3. The maximum absolute atomic E-state index is 11.6. The smallest absolute Gasteiger partial charge is 0.405 e. The van der Waals surface area contributed by atoms with Gasteiger partial charge in [-0.05, 0) is 0 Å². The fraction of sp³-hybridized carbons (Fsp3) is 0.200. The van der Waals surface area contributed by atoms with Gasteiger partial charge in [-0.25, -0.2) is 4.79 Å². The molecule has 0 aliphatic carbocycles. The van der Waals surface area contributed by atoms with Crippen LogP contribution in [0.3, 0.4) is 0 Å². The molecule has 0 aliphatic heterocycles. The first-order valence-electron chi connectivity index (χ1n) is 4.34. The minimum absolute atomic E-state index is 0.366. The molecule has 0 fully saturated rings. The van der Waals surface area contributed by atoms with Crippen LogP contribution in [0, 0.1) is 0 Å². The molecular weight excluding hydrogens is 198 g/mol. The van der Waals surface area contributed by atoms with Crippen molar-refractivity contribution in [2.24, 2.45) is 0 Å². The van der Waals surface area contributed by atoms with E-state index < -0.39 is 24.5 Å². The second-order valence-electron chi connectivity index (χ2n) is 2.91. The molecule has 0 heterocycles. The van der Waals surface area contributed by atoms with Gasteiger partial charge in [0.1, 0.15) is 6.04 Å². The van der Waals surface area contributed by atoms with Gasteiger partial charge in [0.25, 0.3) is 0 Å². The van der Waals surface area contributed by atoms with Gasteiger partial charge in [-0.1, -0.05) is 30.3 Å². The number of ketones is 1. The number of aliphatic hydroxyl groups excluding tert-OH is 1. The maximum Gasteiger partial charge on any atom is 0.405 e. The highest BCUT2D eigenvalue weighted by Gasteiger charge is 2.20. The van der Waals surface area contributed by atoms with Crippen molar-refractivity contribution in [3.05, 3.63) is 35.9 Å². The zero-order valence-electron chi connectivity index (χ0n) is 7.88. The molecule has 1 rings (SSSR count). The molecule has 0 aliphatic rings. The number of carboxylic acid groups (broad SMARTS) is 1. The molecule has 0 bridgehead atoms. The predicted molar refractivity (Wildman–Crippen MR) is 52.8 cm³/mol. The Hall–Kier alpha value is -1.88. The molecule has 1 atom stereocenters. The fourth-order valence-electron chi connectivity index (χ4n) is 1.15. The Labute approximate surface area is 86.4 Å². The van der Waals surface area contributed by atoms with Crippen molar-refractivity contribution in [1.29, 1.82) is 0 Å². The van der Waals surface area contributed by atoms with Crippen LogP contribution in [0.4, 0.5) is 4.79 Å². The van der Waals surface area contributed by atoms with Crippen molar-refractivity contribution in [2.45, 2.75) is 6.04 Å². The number of Topliss-reactive ketones (excluding diaryl/α,β-unsaturated/α-hetero) is 1. The van der Waals surface area contributed by atoms with Gasteiger partial charge in [0, 0.05) is 5.56 Å². The number of amides is 1. The molecule has 0 spiro atoms. The van der Waals surface area contributed by atoms with Gasteiger partial charge in [-0.2, -0.15) is 0 Å². The molecule has 5 heteroatoms. The summed E-state index contributed by atoms with van der Waals surface area (Å²) in [5, 5.41) is 19.2. The van der Waals surface area contributed by atoms with Gasteiger partial charge in [-0.15, -0.1) is 0 Å². The molecule has 5 nitrogen and oxygen atoms in total. The zero-order chi connectivity index (χ0) is 11.3. The van der Waals surface area contributed by atoms with Crippen LogP contribution in [-0.2, 0) is 0 Å². The largest absolute Gasteiger partial charge is 0.465 e. The number of carbonyl (C=O) groups is 2. The number of rotatable bonds is 4. The summed E-state index contributed by atoms with van der Waals surface area (Å²) < 4.78 is 0. The first kappa shape index (κ1) is 11.2. The summed E-state index contributed by atoms with van der Waals surface area (Å²) >= 11 is 0. The van der Waals surface area contributed by atoms with Crippen LogP contribution in [0.25, 0.3) is 0 Å². The Balaban J connectivity index is 2.78. The van der Waals surface area contributed by atoms with Gasteiger partial charge in [0.05, 0.1) is 6.61 Å². The van der Waals surface area contributed by atoms with Crippen molar-refractivity contribution < 1.29 is 19.8 Å². The van der Waals surface area contributed by atoms with Crippen LogP contribution in [-0.4, -0.2) is 34.7 Å². The van der Waals surface area contributed by atoms with Crippen molar-refractivity contribution >= 4 is 11.9 Å². The van der Waals surface area contributed by atoms with E-state index in [4.69, 9.17) is 10.2 Å². The Bertz CT molecular complexity index is 350. The van der Waals surface area contributed by atoms with E-state index in [1.807, 2.05) is 5.32 Å². The van der Waals surface area contributed by atoms with Crippen LogP contribution in [0.1, 0.15) is 10.4 Å².